The lowest BCUT2D eigenvalue weighted by molar-refractivity contribution is 0.474. The summed E-state index contributed by atoms with van der Waals surface area (Å²) in [4.78, 5) is 0.305. The number of rotatable bonds is 1. The number of hydrogen-bond acceptors (Lipinski definition) is 1. The zero-order valence-electron chi connectivity index (χ0n) is 5.71. The fourth-order valence-corrected chi connectivity index (χ4v) is 1.06. The van der Waals surface area contributed by atoms with E-state index in [2.05, 4.69) is 15.9 Å². The van der Waals surface area contributed by atoms with Gasteiger partial charge in [-0.2, -0.15) is 0 Å². The summed E-state index contributed by atoms with van der Waals surface area (Å²) in [6.45, 7) is 2.02. The van der Waals surface area contributed by atoms with Crippen LogP contribution in [0.4, 0.5) is 0 Å². The Kier molecular flexibility index (Phi) is 2.33. The fourth-order valence-electron chi connectivity index (χ4n) is 0.772. The van der Waals surface area contributed by atoms with Crippen LogP contribution in [0.3, 0.4) is 0 Å². The van der Waals surface area contributed by atoms with Gasteiger partial charge in [-0.25, -0.2) is 0 Å². The van der Waals surface area contributed by atoms with Gasteiger partial charge in [0.2, 0.25) is 0 Å². The second-order valence-electron chi connectivity index (χ2n) is 2.21. The van der Waals surface area contributed by atoms with Crippen molar-refractivity contribution in [1.29, 1.82) is 0 Å². The molecule has 1 aromatic rings. The topological polar surface area (TPSA) is 20.2 Å². The molecular weight excluding hydrogens is 192 g/mol. The number of aromatic hydroxyl groups is 1. The van der Waals surface area contributed by atoms with Crippen molar-refractivity contribution in [3.63, 3.8) is 0 Å². The van der Waals surface area contributed by atoms with E-state index in [1.165, 1.54) is 0 Å². The number of phenols is 1. The molecule has 1 unspecified atom stereocenters. The first-order valence-electron chi connectivity index (χ1n) is 3.13. The van der Waals surface area contributed by atoms with E-state index in [1.54, 1.807) is 12.1 Å². The van der Waals surface area contributed by atoms with Gasteiger partial charge in [0.15, 0.2) is 0 Å². The van der Waals surface area contributed by atoms with E-state index in [9.17, 15) is 0 Å². The Labute approximate surface area is 68.8 Å². The molecule has 0 aliphatic carbocycles. The number of benzene rings is 1. The van der Waals surface area contributed by atoms with Crippen LogP contribution in [0.2, 0.25) is 0 Å². The van der Waals surface area contributed by atoms with Crippen LogP contribution in [0.15, 0.2) is 24.3 Å². The molecule has 10 heavy (non-hydrogen) atoms. The van der Waals surface area contributed by atoms with Crippen molar-refractivity contribution in [1.82, 2.24) is 0 Å². The maximum Gasteiger partial charge on any atom is 0.115 e. The second kappa shape index (κ2) is 3.06. The van der Waals surface area contributed by atoms with Crippen LogP contribution in [-0.2, 0) is 0 Å². The van der Waals surface area contributed by atoms with Crippen LogP contribution in [-0.4, -0.2) is 5.11 Å². The SMILES string of the molecule is CC(Br)c1cccc(O)c1. The van der Waals surface area contributed by atoms with Gasteiger partial charge in [-0.3, -0.25) is 0 Å². The molecular formula is C8H9BrO. The number of halogens is 1. The first-order chi connectivity index (χ1) is 4.70. The molecule has 0 aromatic heterocycles. The van der Waals surface area contributed by atoms with Crippen molar-refractivity contribution < 1.29 is 5.11 Å². The first kappa shape index (κ1) is 7.61. The maximum absolute atomic E-state index is 9.04. The van der Waals surface area contributed by atoms with E-state index < -0.39 is 0 Å². The number of hydrogen-bond donors (Lipinski definition) is 1. The van der Waals surface area contributed by atoms with Crippen LogP contribution in [0, 0.1) is 0 Å². The predicted octanol–water partition coefficient (Wildman–Crippen LogP) is 2.85. The van der Waals surface area contributed by atoms with E-state index in [-0.39, 0.29) is 0 Å². The molecule has 1 nitrogen and oxygen atoms in total. The van der Waals surface area contributed by atoms with Crippen molar-refractivity contribution in [3.8, 4) is 5.75 Å². The molecule has 0 spiro atoms. The molecule has 0 aliphatic heterocycles. The van der Waals surface area contributed by atoms with Crippen molar-refractivity contribution in [2.24, 2.45) is 0 Å². The van der Waals surface area contributed by atoms with Crippen LogP contribution >= 0.6 is 15.9 Å². The predicted molar refractivity (Wildman–Crippen MR) is 45.4 cm³/mol. The third kappa shape index (κ3) is 1.74. The lowest BCUT2D eigenvalue weighted by Gasteiger charge is -2.02. The Morgan fingerprint density at radius 2 is 2.20 bits per heavy atom. The van der Waals surface area contributed by atoms with E-state index in [1.807, 2.05) is 19.1 Å². The van der Waals surface area contributed by atoms with Crippen molar-refractivity contribution >= 4 is 15.9 Å². The molecule has 2 heteroatoms. The van der Waals surface area contributed by atoms with Gasteiger partial charge in [-0.05, 0) is 24.6 Å². The smallest absolute Gasteiger partial charge is 0.115 e. The summed E-state index contributed by atoms with van der Waals surface area (Å²) in [7, 11) is 0. The molecule has 0 amide bonds. The number of alkyl halides is 1. The average Bonchev–Trinajstić information content (AvgIpc) is 1.88. The summed E-state index contributed by atoms with van der Waals surface area (Å²) in [6, 6.07) is 7.22. The molecule has 1 rings (SSSR count). The zero-order chi connectivity index (χ0) is 7.56. The Morgan fingerprint density at radius 1 is 1.50 bits per heavy atom. The summed E-state index contributed by atoms with van der Waals surface area (Å²) in [5.74, 6) is 0.323. The summed E-state index contributed by atoms with van der Waals surface area (Å²) in [5, 5.41) is 9.04. The third-order valence-electron chi connectivity index (χ3n) is 1.33. The fraction of sp³-hybridized carbons (Fsp3) is 0.250. The summed E-state index contributed by atoms with van der Waals surface area (Å²) < 4.78 is 0. The van der Waals surface area contributed by atoms with Crippen LogP contribution in [0.5, 0.6) is 5.75 Å². The Hall–Kier alpha value is -0.500. The van der Waals surface area contributed by atoms with Gasteiger partial charge in [0.05, 0.1) is 0 Å². The van der Waals surface area contributed by atoms with E-state index >= 15 is 0 Å². The van der Waals surface area contributed by atoms with E-state index in [0.29, 0.717) is 10.6 Å². The van der Waals surface area contributed by atoms with Crippen molar-refractivity contribution in [2.45, 2.75) is 11.8 Å². The summed E-state index contributed by atoms with van der Waals surface area (Å²) in [5.41, 5.74) is 1.10. The number of phenolic OH excluding ortho intramolecular Hbond substituents is 1. The van der Waals surface area contributed by atoms with E-state index in [0.717, 1.165) is 5.56 Å². The van der Waals surface area contributed by atoms with Gasteiger partial charge in [0.1, 0.15) is 5.75 Å². The summed E-state index contributed by atoms with van der Waals surface area (Å²) in [6.07, 6.45) is 0. The van der Waals surface area contributed by atoms with Crippen LogP contribution in [0.1, 0.15) is 17.3 Å². The van der Waals surface area contributed by atoms with Crippen molar-refractivity contribution in [3.05, 3.63) is 29.8 Å². The Bertz CT molecular complexity index is 220. The molecule has 1 aromatic carbocycles. The molecule has 0 aliphatic rings. The molecule has 0 radical (unpaired) electrons. The molecule has 54 valence electrons. The molecule has 0 saturated carbocycles. The highest BCUT2D eigenvalue weighted by Crippen LogP contribution is 2.23. The minimum atomic E-state index is 0.305. The van der Waals surface area contributed by atoms with Gasteiger partial charge < -0.3 is 5.11 Å². The molecule has 0 saturated heterocycles. The largest absolute Gasteiger partial charge is 0.508 e. The lowest BCUT2D eigenvalue weighted by Crippen LogP contribution is -1.80. The monoisotopic (exact) mass is 200 g/mol. The van der Waals surface area contributed by atoms with Crippen LogP contribution < -0.4 is 0 Å². The Balaban J connectivity index is 2.96. The molecule has 1 N–H and O–H groups in total. The average molecular weight is 201 g/mol. The standard InChI is InChI=1S/C8H9BrO/c1-6(9)7-3-2-4-8(10)5-7/h2-6,10H,1H3. The highest BCUT2D eigenvalue weighted by Gasteiger charge is 1.99. The lowest BCUT2D eigenvalue weighted by atomic mass is 10.2. The van der Waals surface area contributed by atoms with E-state index in [4.69, 9.17) is 5.11 Å². The first-order valence-corrected chi connectivity index (χ1v) is 4.04. The molecule has 0 fully saturated rings. The van der Waals surface area contributed by atoms with Gasteiger partial charge in [0, 0.05) is 4.83 Å². The van der Waals surface area contributed by atoms with Gasteiger partial charge in [-0.15, -0.1) is 0 Å². The summed E-state index contributed by atoms with van der Waals surface area (Å²) >= 11 is 3.41. The third-order valence-corrected chi connectivity index (χ3v) is 1.86. The minimum Gasteiger partial charge on any atom is -0.508 e. The molecule has 1 atom stereocenters. The normalized spacial score (nSPS) is 13.0. The quantitative estimate of drug-likeness (QED) is 0.692. The van der Waals surface area contributed by atoms with Crippen molar-refractivity contribution in [2.75, 3.05) is 0 Å². The highest BCUT2D eigenvalue weighted by atomic mass is 79.9. The minimum absolute atomic E-state index is 0.305. The zero-order valence-corrected chi connectivity index (χ0v) is 7.30. The van der Waals surface area contributed by atoms with Gasteiger partial charge in [-0.1, -0.05) is 28.1 Å². The maximum atomic E-state index is 9.04. The Morgan fingerprint density at radius 3 is 2.60 bits per heavy atom. The highest BCUT2D eigenvalue weighted by molar-refractivity contribution is 9.09. The second-order valence-corrected chi connectivity index (χ2v) is 3.58. The molecule has 0 bridgehead atoms. The molecule has 0 heterocycles. The van der Waals surface area contributed by atoms with Crippen LogP contribution in [0.25, 0.3) is 0 Å². The van der Waals surface area contributed by atoms with Gasteiger partial charge >= 0.3 is 0 Å². The van der Waals surface area contributed by atoms with Gasteiger partial charge in [0.25, 0.3) is 0 Å².